The third-order valence-corrected chi connectivity index (χ3v) is 4.57. The minimum absolute atomic E-state index is 0.0140. The molecule has 3 aromatic rings. The first-order valence-corrected chi connectivity index (χ1v) is 10.2. The van der Waals surface area contributed by atoms with E-state index in [1.54, 1.807) is 48.5 Å². The van der Waals surface area contributed by atoms with Gasteiger partial charge in [0.1, 0.15) is 5.75 Å². The molecule has 0 aliphatic rings. The zero-order valence-corrected chi connectivity index (χ0v) is 17.6. The molecule has 0 bridgehead atoms. The molecule has 0 radical (unpaired) electrons. The molecule has 2 aromatic carbocycles. The van der Waals surface area contributed by atoms with Crippen molar-refractivity contribution < 1.29 is 19.1 Å². The fraction of sp³-hybridized carbons (Fsp3) is 0.304. The van der Waals surface area contributed by atoms with Crippen LogP contribution in [0.3, 0.4) is 0 Å². The number of carbonyl (C=O) groups is 2. The van der Waals surface area contributed by atoms with E-state index in [-0.39, 0.29) is 11.3 Å². The summed E-state index contributed by atoms with van der Waals surface area (Å²) in [5.41, 5.74) is 0.315. The van der Waals surface area contributed by atoms with Crippen molar-refractivity contribution in [3.05, 3.63) is 64.6 Å². The van der Waals surface area contributed by atoms with Gasteiger partial charge in [-0.25, -0.2) is 9.48 Å². The summed E-state index contributed by atoms with van der Waals surface area (Å²) in [4.78, 5) is 37.5. The highest BCUT2D eigenvalue weighted by molar-refractivity contribution is 6.03. The molecule has 1 amide bonds. The van der Waals surface area contributed by atoms with Crippen LogP contribution in [0.15, 0.2) is 53.3 Å². The van der Waals surface area contributed by atoms with Crippen molar-refractivity contribution in [2.45, 2.75) is 33.2 Å². The highest BCUT2D eigenvalue weighted by Crippen LogP contribution is 2.16. The Balaban J connectivity index is 1.71. The summed E-state index contributed by atoms with van der Waals surface area (Å²) in [6.45, 7) is 4.37. The molecule has 0 saturated carbocycles. The average Bonchev–Trinajstić information content (AvgIpc) is 2.78. The van der Waals surface area contributed by atoms with Crippen LogP contribution in [-0.2, 0) is 16.1 Å². The second kappa shape index (κ2) is 10.4. The standard InChI is InChI=1S/C23H25N3O5/c1-3-5-14-26-22(28)19-9-7-6-8-18(19)21(25-26)23(29)31-15-20(27)24-16-10-12-17(13-11-16)30-4-2/h6-13H,3-5,14-15H2,1-2H3,(H,24,27). The largest absolute Gasteiger partial charge is 0.494 e. The lowest BCUT2D eigenvalue weighted by Gasteiger charge is -2.11. The predicted molar refractivity (Wildman–Crippen MR) is 117 cm³/mol. The molecule has 31 heavy (non-hydrogen) atoms. The first-order valence-electron chi connectivity index (χ1n) is 10.2. The number of carbonyl (C=O) groups excluding carboxylic acids is 2. The molecule has 0 spiro atoms. The Morgan fingerprint density at radius 1 is 1.03 bits per heavy atom. The van der Waals surface area contributed by atoms with E-state index in [4.69, 9.17) is 9.47 Å². The highest BCUT2D eigenvalue weighted by atomic mass is 16.5. The molecule has 0 fully saturated rings. The second-order valence-corrected chi connectivity index (χ2v) is 6.86. The van der Waals surface area contributed by atoms with E-state index in [0.29, 0.717) is 35.4 Å². The Labute approximate surface area is 179 Å². The molecule has 0 unspecified atom stereocenters. The number of rotatable bonds is 9. The molecule has 1 N–H and O–H groups in total. The number of hydrogen-bond acceptors (Lipinski definition) is 6. The molecule has 0 aliphatic heterocycles. The van der Waals surface area contributed by atoms with Crippen LogP contribution in [0.4, 0.5) is 5.69 Å². The lowest BCUT2D eigenvalue weighted by Crippen LogP contribution is -2.27. The first-order chi connectivity index (χ1) is 15.0. The number of anilines is 1. The van der Waals surface area contributed by atoms with E-state index in [0.717, 1.165) is 12.8 Å². The van der Waals surface area contributed by atoms with Crippen molar-refractivity contribution in [2.24, 2.45) is 0 Å². The number of benzene rings is 2. The monoisotopic (exact) mass is 423 g/mol. The number of esters is 1. The number of nitrogens with one attached hydrogen (secondary N) is 1. The van der Waals surface area contributed by atoms with E-state index in [1.165, 1.54) is 4.68 Å². The fourth-order valence-corrected chi connectivity index (χ4v) is 3.04. The number of fused-ring (bicyclic) bond motifs is 1. The summed E-state index contributed by atoms with van der Waals surface area (Å²) in [5.74, 6) is -0.549. The molecule has 1 heterocycles. The van der Waals surface area contributed by atoms with Crippen LogP contribution in [0.2, 0.25) is 0 Å². The Bertz CT molecular complexity index is 1120. The van der Waals surface area contributed by atoms with E-state index in [1.807, 2.05) is 13.8 Å². The number of unbranched alkanes of at least 4 members (excludes halogenated alkanes) is 1. The maximum Gasteiger partial charge on any atom is 0.359 e. The number of aryl methyl sites for hydroxylation is 1. The minimum Gasteiger partial charge on any atom is -0.494 e. The minimum atomic E-state index is -0.761. The summed E-state index contributed by atoms with van der Waals surface area (Å²) in [7, 11) is 0. The first kappa shape index (κ1) is 22.0. The van der Waals surface area contributed by atoms with Crippen LogP contribution in [0.25, 0.3) is 10.8 Å². The number of ether oxygens (including phenoxy) is 2. The number of aromatic nitrogens is 2. The Morgan fingerprint density at radius 3 is 2.42 bits per heavy atom. The van der Waals surface area contributed by atoms with E-state index < -0.39 is 18.5 Å². The maximum atomic E-state index is 12.7. The number of amides is 1. The van der Waals surface area contributed by atoms with Gasteiger partial charge in [0, 0.05) is 17.6 Å². The van der Waals surface area contributed by atoms with E-state index >= 15 is 0 Å². The van der Waals surface area contributed by atoms with Crippen LogP contribution in [-0.4, -0.2) is 34.9 Å². The van der Waals surface area contributed by atoms with Gasteiger partial charge in [0.2, 0.25) is 0 Å². The van der Waals surface area contributed by atoms with Gasteiger partial charge in [-0.15, -0.1) is 0 Å². The quantitative estimate of drug-likeness (QED) is 0.530. The smallest absolute Gasteiger partial charge is 0.359 e. The molecule has 3 rings (SSSR count). The Morgan fingerprint density at radius 2 is 1.74 bits per heavy atom. The van der Waals surface area contributed by atoms with Crippen molar-refractivity contribution in [3.63, 3.8) is 0 Å². The van der Waals surface area contributed by atoms with Gasteiger partial charge in [0.05, 0.1) is 12.0 Å². The van der Waals surface area contributed by atoms with Gasteiger partial charge in [0.25, 0.3) is 11.5 Å². The zero-order chi connectivity index (χ0) is 22.2. The average molecular weight is 423 g/mol. The van der Waals surface area contributed by atoms with Crippen molar-refractivity contribution in [3.8, 4) is 5.75 Å². The molecule has 0 aliphatic carbocycles. The summed E-state index contributed by atoms with van der Waals surface area (Å²) >= 11 is 0. The topological polar surface area (TPSA) is 99.5 Å². The van der Waals surface area contributed by atoms with Crippen LogP contribution in [0.1, 0.15) is 37.2 Å². The van der Waals surface area contributed by atoms with Crippen molar-refractivity contribution in [2.75, 3.05) is 18.5 Å². The normalized spacial score (nSPS) is 10.6. The molecule has 162 valence electrons. The van der Waals surface area contributed by atoms with Crippen LogP contribution >= 0.6 is 0 Å². The van der Waals surface area contributed by atoms with Gasteiger partial charge < -0.3 is 14.8 Å². The van der Waals surface area contributed by atoms with Crippen molar-refractivity contribution in [1.82, 2.24) is 9.78 Å². The van der Waals surface area contributed by atoms with Crippen LogP contribution < -0.4 is 15.6 Å². The predicted octanol–water partition coefficient (Wildman–Crippen LogP) is 3.39. The van der Waals surface area contributed by atoms with Crippen molar-refractivity contribution in [1.29, 1.82) is 0 Å². The van der Waals surface area contributed by atoms with Gasteiger partial charge in [-0.2, -0.15) is 5.10 Å². The lowest BCUT2D eigenvalue weighted by atomic mass is 10.1. The van der Waals surface area contributed by atoms with Crippen LogP contribution in [0.5, 0.6) is 5.75 Å². The summed E-state index contributed by atoms with van der Waals surface area (Å²) in [6, 6.07) is 13.6. The molecule has 8 heteroatoms. The molecular weight excluding hydrogens is 398 g/mol. The third kappa shape index (κ3) is 5.48. The Kier molecular flexibility index (Phi) is 7.37. The fourth-order valence-electron chi connectivity index (χ4n) is 3.04. The molecule has 8 nitrogen and oxygen atoms in total. The number of hydrogen-bond donors (Lipinski definition) is 1. The van der Waals surface area contributed by atoms with Gasteiger partial charge in [0.15, 0.2) is 12.3 Å². The van der Waals surface area contributed by atoms with Crippen molar-refractivity contribution >= 4 is 28.3 Å². The maximum absolute atomic E-state index is 12.7. The van der Waals surface area contributed by atoms with E-state index in [9.17, 15) is 14.4 Å². The highest BCUT2D eigenvalue weighted by Gasteiger charge is 2.19. The second-order valence-electron chi connectivity index (χ2n) is 6.86. The van der Waals surface area contributed by atoms with Gasteiger partial charge >= 0.3 is 5.97 Å². The Hall–Kier alpha value is -3.68. The third-order valence-electron chi connectivity index (χ3n) is 4.57. The zero-order valence-electron chi connectivity index (χ0n) is 17.6. The van der Waals surface area contributed by atoms with Gasteiger partial charge in [-0.1, -0.05) is 31.5 Å². The SMILES string of the molecule is CCCCn1nc(C(=O)OCC(=O)Nc2ccc(OCC)cc2)c2ccccc2c1=O. The summed E-state index contributed by atoms with van der Waals surface area (Å²) in [6.07, 6.45) is 1.64. The molecule has 0 atom stereocenters. The van der Waals surface area contributed by atoms with Crippen LogP contribution in [0, 0.1) is 0 Å². The van der Waals surface area contributed by atoms with E-state index in [2.05, 4.69) is 10.4 Å². The lowest BCUT2D eigenvalue weighted by molar-refractivity contribution is -0.119. The summed E-state index contributed by atoms with van der Waals surface area (Å²) in [5, 5.41) is 7.66. The van der Waals surface area contributed by atoms with Gasteiger partial charge in [-0.05, 0) is 43.7 Å². The molecule has 0 saturated heterocycles. The number of nitrogens with zero attached hydrogens (tertiary/aromatic N) is 2. The molecular formula is C23H25N3O5. The summed E-state index contributed by atoms with van der Waals surface area (Å²) < 4.78 is 11.8. The molecule has 1 aromatic heterocycles. The van der Waals surface area contributed by atoms with Gasteiger partial charge in [-0.3, -0.25) is 9.59 Å².